The summed E-state index contributed by atoms with van der Waals surface area (Å²) in [6.45, 7) is 3.74. The van der Waals surface area contributed by atoms with Gasteiger partial charge in [0, 0.05) is 12.6 Å². The molecule has 2 bridgehead atoms. The summed E-state index contributed by atoms with van der Waals surface area (Å²) in [5.41, 5.74) is 0. The molecule has 2 heterocycles. The minimum atomic E-state index is -0.712. The van der Waals surface area contributed by atoms with Crippen LogP contribution in [0.1, 0.15) is 19.3 Å². The molecule has 4 nitrogen and oxygen atoms in total. The average molecular weight is 212 g/mol. The molecule has 86 valence electrons. The maximum Gasteiger partial charge on any atom is 0.317 e. The molecule has 15 heavy (non-hydrogen) atoms. The van der Waals surface area contributed by atoms with Crippen LogP contribution in [-0.2, 0) is 4.79 Å². The van der Waals surface area contributed by atoms with Gasteiger partial charge in [0.05, 0.1) is 6.54 Å². The number of rotatable bonds is 3. The number of nitrogens with zero attached hydrogens (tertiary/aromatic N) is 2. The van der Waals surface area contributed by atoms with Crippen LogP contribution in [0.2, 0.25) is 0 Å². The fraction of sp³-hybridized carbons (Fsp3) is 0.909. The van der Waals surface area contributed by atoms with E-state index < -0.39 is 5.97 Å². The number of piperidine rings is 2. The molecule has 3 atom stereocenters. The smallest absolute Gasteiger partial charge is 0.317 e. The molecule has 2 aliphatic heterocycles. The molecule has 0 saturated carbocycles. The summed E-state index contributed by atoms with van der Waals surface area (Å²) in [5.74, 6) is -0.0208. The maximum absolute atomic E-state index is 10.7. The largest absolute Gasteiger partial charge is 0.480 e. The molecule has 1 N–H and O–H groups in total. The van der Waals surface area contributed by atoms with Crippen LogP contribution in [0.4, 0.5) is 0 Å². The minimum Gasteiger partial charge on any atom is -0.480 e. The summed E-state index contributed by atoms with van der Waals surface area (Å²) >= 11 is 0. The van der Waals surface area contributed by atoms with Crippen molar-refractivity contribution in [1.29, 1.82) is 0 Å². The first-order valence-corrected chi connectivity index (χ1v) is 5.81. The van der Waals surface area contributed by atoms with Gasteiger partial charge in [-0.2, -0.15) is 0 Å². The van der Waals surface area contributed by atoms with Gasteiger partial charge in [-0.05, 0) is 45.3 Å². The van der Waals surface area contributed by atoms with E-state index in [0.29, 0.717) is 12.0 Å². The molecule has 0 spiro atoms. The summed E-state index contributed by atoms with van der Waals surface area (Å²) in [5, 5.41) is 8.79. The summed E-state index contributed by atoms with van der Waals surface area (Å²) in [7, 11) is 1.95. The highest BCUT2D eigenvalue weighted by molar-refractivity contribution is 5.69. The summed E-state index contributed by atoms with van der Waals surface area (Å²) in [6.07, 6.45) is 3.68. The molecule has 4 heteroatoms. The number of carboxylic acid groups (broad SMARTS) is 1. The van der Waals surface area contributed by atoms with E-state index in [1.807, 2.05) is 11.9 Å². The van der Waals surface area contributed by atoms with Gasteiger partial charge < -0.3 is 10.0 Å². The molecule has 2 fully saturated rings. The normalized spacial score (nSPS) is 35.5. The van der Waals surface area contributed by atoms with E-state index in [9.17, 15) is 4.79 Å². The minimum absolute atomic E-state index is 0.182. The summed E-state index contributed by atoms with van der Waals surface area (Å²) < 4.78 is 0. The number of fused-ring (bicyclic) bond motifs is 2. The molecule has 2 saturated heterocycles. The third-order valence-corrected chi connectivity index (χ3v) is 3.78. The van der Waals surface area contributed by atoms with Crippen LogP contribution >= 0.6 is 0 Å². The van der Waals surface area contributed by atoms with Crippen LogP contribution in [0.3, 0.4) is 0 Å². The van der Waals surface area contributed by atoms with Crippen molar-refractivity contribution in [2.75, 3.05) is 33.2 Å². The second-order valence-electron chi connectivity index (χ2n) is 4.87. The number of carboxylic acids is 1. The van der Waals surface area contributed by atoms with Crippen molar-refractivity contribution < 1.29 is 9.90 Å². The van der Waals surface area contributed by atoms with Gasteiger partial charge >= 0.3 is 5.97 Å². The third kappa shape index (κ3) is 2.49. The number of likely N-dealkylation sites (N-methyl/N-ethyl adjacent to an activating group) is 1. The van der Waals surface area contributed by atoms with Crippen molar-refractivity contribution in [2.24, 2.45) is 5.92 Å². The van der Waals surface area contributed by atoms with Gasteiger partial charge in [0.15, 0.2) is 0 Å². The van der Waals surface area contributed by atoms with Crippen molar-refractivity contribution in [3.63, 3.8) is 0 Å². The van der Waals surface area contributed by atoms with Crippen molar-refractivity contribution >= 4 is 5.97 Å². The first-order chi connectivity index (χ1) is 7.16. The molecule has 0 radical (unpaired) electrons. The Morgan fingerprint density at radius 3 is 3.00 bits per heavy atom. The SMILES string of the molecule is CN(CC(=O)O)C1CCN2CCCC1C2. The first kappa shape index (κ1) is 10.9. The number of aliphatic carboxylic acids is 1. The number of carbonyl (C=O) groups is 1. The summed E-state index contributed by atoms with van der Waals surface area (Å²) in [6, 6.07) is 0.484. The van der Waals surface area contributed by atoms with E-state index in [2.05, 4.69) is 4.90 Å². The zero-order valence-corrected chi connectivity index (χ0v) is 9.35. The van der Waals surface area contributed by atoms with Crippen molar-refractivity contribution in [3.8, 4) is 0 Å². The Morgan fingerprint density at radius 1 is 1.47 bits per heavy atom. The number of hydrogen-bond donors (Lipinski definition) is 1. The Kier molecular flexibility index (Phi) is 3.26. The summed E-state index contributed by atoms with van der Waals surface area (Å²) in [4.78, 5) is 15.2. The lowest BCUT2D eigenvalue weighted by molar-refractivity contribution is -0.139. The second kappa shape index (κ2) is 4.49. The van der Waals surface area contributed by atoms with Gasteiger partial charge in [-0.3, -0.25) is 9.69 Å². The molecule has 0 aromatic rings. The monoisotopic (exact) mass is 212 g/mol. The van der Waals surface area contributed by atoms with Crippen LogP contribution in [0.5, 0.6) is 0 Å². The van der Waals surface area contributed by atoms with Gasteiger partial charge in [-0.15, -0.1) is 0 Å². The Labute approximate surface area is 90.9 Å². The lowest BCUT2D eigenvalue weighted by Crippen LogP contribution is -2.53. The fourth-order valence-corrected chi connectivity index (χ4v) is 3.07. The molecule has 0 aromatic carbocycles. The predicted molar refractivity (Wildman–Crippen MR) is 57.8 cm³/mol. The molecule has 3 unspecified atom stereocenters. The first-order valence-electron chi connectivity index (χ1n) is 5.81. The maximum atomic E-state index is 10.7. The van der Waals surface area contributed by atoms with Crippen LogP contribution in [0, 0.1) is 5.92 Å². The second-order valence-corrected chi connectivity index (χ2v) is 4.87. The molecule has 0 amide bonds. The van der Waals surface area contributed by atoms with E-state index in [4.69, 9.17) is 5.11 Å². The van der Waals surface area contributed by atoms with E-state index in [-0.39, 0.29) is 6.54 Å². The Morgan fingerprint density at radius 2 is 2.27 bits per heavy atom. The van der Waals surface area contributed by atoms with E-state index >= 15 is 0 Å². The average Bonchev–Trinajstić information content (AvgIpc) is 2.17. The Hall–Kier alpha value is -0.610. The van der Waals surface area contributed by atoms with Crippen molar-refractivity contribution in [3.05, 3.63) is 0 Å². The highest BCUT2D eigenvalue weighted by atomic mass is 16.4. The van der Waals surface area contributed by atoms with Gasteiger partial charge in [-0.1, -0.05) is 0 Å². The predicted octanol–water partition coefficient (Wildman–Crippen LogP) is 0.487. The van der Waals surface area contributed by atoms with Crippen molar-refractivity contribution in [2.45, 2.75) is 25.3 Å². The molecule has 0 aliphatic carbocycles. The third-order valence-electron chi connectivity index (χ3n) is 3.78. The van der Waals surface area contributed by atoms with Gasteiger partial charge in [0.2, 0.25) is 0 Å². The molecule has 2 aliphatic rings. The zero-order chi connectivity index (χ0) is 10.8. The molecular formula is C11H20N2O2. The van der Waals surface area contributed by atoms with Gasteiger partial charge in [0.1, 0.15) is 0 Å². The Bertz CT molecular complexity index is 245. The van der Waals surface area contributed by atoms with E-state index in [1.165, 1.54) is 25.9 Å². The lowest BCUT2D eigenvalue weighted by Gasteiger charge is -2.45. The molecule has 0 aromatic heterocycles. The molecule has 2 rings (SSSR count). The zero-order valence-electron chi connectivity index (χ0n) is 9.35. The van der Waals surface area contributed by atoms with E-state index in [1.54, 1.807) is 0 Å². The standard InChI is InChI=1S/C11H20N2O2/c1-12(8-11(14)15)10-4-6-13-5-2-3-9(10)7-13/h9-10H,2-8H2,1H3,(H,14,15). The van der Waals surface area contributed by atoms with Gasteiger partial charge in [-0.25, -0.2) is 0 Å². The van der Waals surface area contributed by atoms with Crippen LogP contribution < -0.4 is 0 Å². The van der Waals surface area contributed by atoms with E-state index in [0.717, 1.165) is 13.0 Å². The van der Waals surface area contributed by atoms with Gasteiger partial charge in [0.25, 0.3) is 0 Å². The van der Waals surface area contributed by atoms with Crippen molar-refractivity contribution in [1.82, 2.24) is 9.80 Å². The van der Waals surface area contributed by atoms with Crippen LogP contribution in [0.15, 0.2) is 0 Å². The number of hydrogen-bond acceptors (Lipinski definition) is 3. The fourth-order valence-electron chi connectivity index (χ4n) is 3.07. The van der Waals surface area contributed by atoms with Crippen LogP contribution in [-0.4, -0.2) is 60.1 Å². The highest BCUT2D eigenvalue weighted by Gasteiger charge is 2.34. The molecular weight excluding hydrogens is 192 g/mol. The highest BCUT2D eigenvalue weighted by Crippen LogP contribution is 2.29. The quantitative estimate of drug-likeness (QED) is 0.739. The lowest BCUT2D eigenvalue weighted by atomic mass is 9.84. The van der Waals surface area contributed by atoms with Crippen LogP contribution in [0.25, 0.3) is 0 Å². The topological polar surface area (TPSA) is 43.8 Å². The Balaban J connectivity index is 1.93.